The molecule has 0 aromatic heterocycles. The molecule has 0 aliphatic carbocycles. The Morgan fingerprint density at radius 2 is 1.79 bits per heavy atom. The maximum absolute atomic E-state index is 11.4. The summed E-state index contributed by atoms with van der Waals surface area (Å²) < 4.78 is 4.99. The lowest BCUT2D eigenvalue weighted by atomic mass is 10.2. The predicted molar refractivity (Wildman–Crippen MR) is 75.0 cm³/mol. The number of ether oxygens (including phenoxy) is 1. The highest BCUT2D eigenvalue weighted by molar-refractivity contribution is 8.14. The lowest BCUT2D eigenvalue weighted by Gasteiger charge is -2.19. The van der Waals surface area contributed by atoms with Crippen LogP contribution in [0.25, 0.3) is 0 Å². The first-order valence-electron chi connectivity index (χ1n) is 6.01. The summed E-state index contributed by atoms with van der Waals surface area (Å²) in [5.74, 6) is -0.318. The topological polar surface area (TPSA) is 84.5 Å². The van der Waals surface area contributed by atoms with Gasteiger partial charge in [-0.3, -0.25) is 9.59 Å². The number of alkyl carbamates (subject to hydrolysis) is 1. The van der Waals surface area contributed by atoms with Gasteiger partial charge in [0.05, 0.1) is 6.54 Å². The number of hydrogen-bond donors (Lipinski definition) is 2. The Balaban J connectivity index is 3.82. The van der Waals surface area contributed by atoms with Crippen LogP contribution in [0.5, 0.6) is 0 Å². The molecule has 0 saturated heterocycles. The molecular weight excluding hydrogens is 268 g/mol. The summed E-state index contributed by atoms with van der Waals surface area (Å²) in [5, 5.41) is 4.99. The van der Waals surface area contributed by atoms with Gasteiger partial charge in [-0.1, -0.05) is 18.7 Å². The molecule has 0 aromatic rings. The maximum atomic E-state index is 11.4. The summed E-state index contributed by atoms with van der Waals surface area (Å²) in [6.07, 6.45) is -0.631. The maximum Gasteiger partial charge on any atom is 0.408 e. The molecule has 1 unspecified atom stereocenters. The monoisotopic (exact) mass is 290 g/mol. The zero-order chi connectivity index (χ0) is 15.1. The van der Waals surface area contributed by atoms with Gasteiger partial charge in [-0.05, 0) is 20.8 Å². The smallest absolute Gasteiger partial charge is 0.408 e. The Morgan fingerprint density at radius 3 is 2.26 bits per heavy atom. The standard InChI is InChI=1S/C12H22N2O4S/c1-8(19-9(2)15)6-13-10(16)7-14-11(17)18-12(3,4)5/h8H,6-7H2,1-5H3,(H,13,16)(H,14,17). The van der Waals surface area contributed by atoms with E-state index in [1.807, 2.05) is 6.92 Å². The van der Waals surface area contributed by atoms with E-state index >= 15 is 0 Å². The average Bonchev–Trinajstić information content (AvgIpc) is 2.20. The van der Waals surface area contributed by atoms with Gasteiger partial charge in [-0.25, -0.2) is 4.79 Å². The van der Waals surface area contributed by atoms with Crippen molar-refractivity contribution in [3.8, 4) is 0 Å². The normalized spacial score (nSPS) is 12.5. The minimum Gasteiger partial charge on any atom is -0.444 e. The highest BCUT2D eigenvalue weighted by Gasteiger charge is 2.16. The molecule has 0 spiro atoms. The molecule has 2 amide bonds. The fraction of sp³-hybridized carbons (Fsp3) is 0.750. The zero-order valence-electron chi connectivity index (χ0n) is 12.0. The van der Waals surface area contributed by atoms with Crippen LogP contribution in [0.4, 0.5) is 4.79 Å². The van der Waals surface area contributed by atoms with E-state index in [0.29, 0.717) is 6.54 Å². The molecule has 0 rings (SSSR count). The molecule has 0 aliphatic rings. The van der Waals surface area contributed by atoms with Gasteiger partial charge in [0.1, 0.15) is 5.60 Å². The summed E-state index contributed by atoms with van der Waals surface area (Å²) in [6.45, 7) is 8.78. The van der Waals surface area contributed by atoms with Gasteiger partial charge in [0.25, 0.3) is 0 Å². The Bertz CT molecular complexity index is 339. The Hall–Kier alpha value is -1.24. The van der Waals surface area contributed by atoms with E-state index in [0.717, 1.165) is 11.8 Å². The number of amides is 2. The van der Waals surface area contributed by atoms with Crippen molar-refractivity contribution in [2.24, 2.45) is 0 Å². The third-order valence-electron chi connectivity index (χ3n) is 1.75. The second-order valence-electron chi connectivity index (χ2n) is 5.08. The molecule has 110 valence electrons. The van der Waals surface area contributed by atoms with Gasteiger partial charge in [0.2, 0.25) is 5.91 Å². The Kier molecular flexibility index (Phi) is 7.51. The van der Waals surface area contributed by atoms with Gasteiger partial charge < -0.3 is 15.4 Å². The van der Waals surface area contributed by atoms with Crippen molar-refractivity contribution in [2.75, 3.05) is 13.1 Å². The molecule has 0 aromatic carbocycles. The first-order valence-corrected chi connectivity index (χ1v) is 6.89. The molecule has 1 atom stereocenters. The molecule has 0 heterocycles. The van der Waals surface area contributed by atoms with E-state index in [-0.39, 0.29) is 22.8 Å². The number of rotatable bonds is 5. The highest BCUT2D eigenvalue weighted by Crippen LogP contribution is 2.09. The lowest BCUT2D eigenvalue weighted by molar-refractivity contribution is -0.120. The van der Waals surface area contributed by atoms with Gasteiger partial charge in [0, 0.05) is 18.7 Å². The highest BCUT2D eigenvalue weighted by atomic mass is 32.2. The predicted octanol–water partition coefficient (Wildman–Crippen LogP) is 1.30. The van der Waals surface area contributed by atoms with Crippen LogP contribution in [0.15, 0.2) is 0 Å². The van der Waals surface area contributed by atoms with Crippen LogP contribution >= 0.6 is 11.8 Å². The van der Waals surface area contributed by atoms with Crippen molar-refractivity contribution < 1.29 is 19.1 Å². The lowest BCUT2D eigenvalue weighted by Crippen LogP contribution is -2.41. The van der Waals surface area contributed by atoms with Crippen molar-refractivity contribution >= 4 is 28.9 Å². The van der Waals surface area contributed by atoms with Crippen LogP contribution in [-0.4, -0.2) is 41.1 Å². The van der Waals surface area contributed by atoms with E-state index in [9.17, 15) is 14.4 Å². The summed E-state index contributed by atoms with van der Waals surface area (Å²) in [4.78, 5) is 33.5. The first-order chi connectivity index (χ1) is 8.60. The molecule has 6 nitrogen and oxygen atoms in total. The van der Waals surface area contributed by atoms with Crippen molar-refractivity contribution in [3.05, 3.63) is 0 Å². The summed E-state index contributed by atoms with van der Waals surface area (Å²) in [7, 11) is 0. The SMILES string of the molecule is CC(=O)SC(C)CNC(=O)CNC(=O)OC(C)(C)C. The number of thioether (sulfide) groups is 1. The van der Waals surface area contributed by atoms with E-state index in [1.165, 1.54) is 6.92 Å². The third kappa shape index (κ3) is 11.6. The average molecular weight is 290 g/mol. The Labute approximate surface area is 118 Å². The quantitative estimate of drug-likeness (QED) is 0.797. The number of nitrogens with one attached hydrogen (secondary N) is 2. The van der Waals surface area contributed by atoms with Crippen LogP contribution in [-0.2, 0) is 14.3 Å². The third-order valence-corrected chi connectivity index (χ3v) is 2.65. The second-order valence-corrected chi connectivity index (χ2v) is 6.69. The van der Waals surface area contributed by atoms with Crippen LogP contribution in [0.1, 0.15) is 34.6 Å². The first kappa shape index (κ1) is 17.8. The van der Waals surface area contributed by atoms with E-state index in [4.69, 9.17) is 4.74 Å². The van der Waals surface area contributed by atoms with Gasteiger partial charge >= 0.3 is 6.09 Å². The van der Waals surface area contributed by atoms with E-state index in [1.54, 1.807) is 20.8 Å². The molecule has 19 heavy (non-hydrogen) atoms. The van der Waals surface area contributed by atoms with Crippen molar-refractivity contribution in [1.82, 2.24) is 10.6 Å². The molecule has 0 saturated carbocycles. The minimum atomic E-state index is -0.631. The van der Waals surface area contributed by atoms with Crippen molar-refractivity contribution in [1.29, 1.82) is 0 Å². The van der Waals surface area contributed by atoms with E-state index in [2.05, 4.69) is 10.6 Å². The summed E-state index contributed by atoms with van der Waals surface area (Å²) >= 11 is 1.16. The summed E-state index contributed by atoms with van der Waals surface area (Å²) in [5.41, 5.74) is -0.590. The second kappa shape index (κ2) is 8.04. The van der Waals surface area contributed by atoms with Crippen LogP contribution < -0.4 is 10.6 Å². The van der Waals surface area contributed by atoms with Crippen molar-refractivity contribution in [3.63, 3.8) is 0 Å². The molecule has 0 fully saturated rings. The molecule has 0 radical (unpaired) electrons. The van der Waals surface area contributed by atoms with Gasteiger partial charge in [0.15, 0.2) is 5.12 Å². The number of carbonyl (C=O) groups is 3. The summed E-state index contributed by atoms with van der Waals surface area (Å²) in [6, 6.07) is 0. The molecule has 0 bridgehead atoms. The van der Waals surface area contributed by atoms with Crippen LogP contribution in [0.2, 0.25) is 0 Å². The van der Waals surface area contributed by atoms with Crippen LogP contribution in [0.3, 0.4) is 0 Å². The molecule has 7 heteroatoms. The number of hydrogen-bond acceptors (Lipinski definition) is 5. The fourth-order valence-electron chi connectivity index (χ4n) is 1.11. The van der Waals surface area contributed by atoms with Gasteiger partial charge in [-0.15, -0.1) is 0 Å². The number of carbonyl (C=O) groups excluding carboxylic acids is 3. The fourth-order valence-corrected chi connectivity index (χ4v) is 1.84. The molecule has 0 aliphatic heterocycles. The molecular formula is C12H22N2O4S. The van der Waals surface area contributed by atoms with Gasteiger partial charge in [-0.2, -0.15) is 0 Å². The van der Waals surface area contributed by atoms with E-state index < -0.39 is 11.7 Å². The van der Waals surface area contributed by atoms with Crippen LogP contribution in [0, 0.1) is 0 Å². The molecule has 2 N–H and O–H groups in total. The van der Waals surface area contributed by atoms with Crippen molar-refractivity contribution in [2.45, 2.75) is 45.5 Å². The zero-order valence-corrected chi connectivity index (χ0v) is 12.8. The minimum absolute atomic E-state index is 0.00276. The largest absolute Gasteiger partial charge is 0.444 e. The Morgan fingerprint density at radius 1 is 1.21 bits per heavy atom.